The standard InChI is InChI=1S/C9H19NO.C2H6/c1-4-10-7-5-6-9(10)8(2)11-3;1-2/h8-9H,4-7H2,1-3H3;1-2H3/t8?,9-;/m1./s1. The van der Waals surface area contributed by atoms with Crippen LogP contribution in [0.4, 0.5) is 0 Å². The van der Waals surface area contributed by atoms with E-state index in [9.17, 15) is 0 Å². The average Bonchev–Trinajstić information content (AvgIpc) is 2.67. The van der Waals surface area contributed by atoms with Crippen molar-refractivity contribution in [2.24, 2.45) is 0 Å². The van der Waals surface area contributed by atoms with Gasteiger partial charge in [-0.15, -0.1) is 0 Å². The monoisotopic (exact) mass is 187 g/mol. The van der Waals surface area contributed by atoms with Crippen LogP contribution in [0.25, 0.3) is 0 Å². The average molecular weight is 187 g/mol. The van der Waals surface area contributed by atoms with Crippen LogP contribution in [0.2, 0.25) is 0 Å². The number of likely N-dealkylation sites (tertiary alicyclic amines) is 1. The smallest absolute Gasteiger partial charge is 0.0698 e. The summed E-state index contributed by atoms with van der Waals surface area (Å²) in [6.07, 6.45) is 3.05. The summed E-state index contributed by atoms with van der Waals surface area (Å²) >= 11 is 0. The van der Waals surface area contributed by atoms with Crippen molar-refractivity contribution in [2.75, 3.05) is 20.2 Å². The van der Waals surface area contributed by atoms with Crippen molar-refractivity contribution >= 4 is 0 Å². The van der Waals surface area contributed by atoms with Crippen LogP contribution in [-0.2, 0) is 4.74 Å². The van der Waals surface area contributed by atoms with Gasteiger partial charge >= 0.3 is 0 Å². The van der Waals surface area contributed by atoms with E-state index in [2.05, 4.69) is 18.7 Å². The maximum Gasteiger partial charge on any atom is 0.0698 e. The quantitative estimate of drug-likeness (QED) is 0.673. The van der Waals surface area contributed by atoms with E-state index in [-0.39, 0.29) is 0 Å². The van der Waals surface area contributed by atoms with Gasteiger partial charge in [-0.2, -0.15) is 0 Å². The van der Waals surface area contributed by atoms with Crippen molar-refractivity contribution in [3.05, 3.63) is 0 Å². The zero-order chi connectivity index (χ0) is 10.3. The molecule has 0 aromatic carbocycles. The number of rotatable bonds is 3. The van der Waals surface area contributed by atoms with E-state index in [1.54, 1.807) is 7.11 Å². The van der Waals surface area contributed by atoms with E-state index in [1.807, 2.05) is 13.8 Å². The molecule has 0 saturated carbocycles. The molecular formula is C11H25NO. The molecular weight excluding hydrogens is 162 g/mol. The van der Waals surface area contributed by atoms with Gasteiger partial charge in [-0.25, -0.2) is 0 Å². The van der Waals surface area contributed by atoms with Crippen LogP contribution >= 0.6 is 0 Å². The SMILES string of the molecule is CC.CCN1CCC[C@@H]1C(C)OC. The molecule has 1 saturated heterocycles. The molecule has 1 aliphatic rings. The lowest BCUT2D eigenvalue weighted by atomic mass is 10.1. The van der Waals surface area contributed by atoms with Crippen molar-refractivity contribution in [3.63, 3.8) is 0 Å². The van der Waals surface area contributed by atoms with Gasteiger partial charge in [0.25, 0.3) is 0 Å². The third kappa shape index (κ3) is 3.65. The molecule has 0 amide bonds. The maximum atomic E-state index is 5.32. The molecule has 2 nitrogen and oxygen atoms in total. The predicted molar refractivity (Wildman–Crippen MR) is 58.1 cm³/mol. The Kier molecular flexibility index (Phi) is 7.29. The third-order valence-corrected chi connectivity index (χ3v) is 2.73. The van der Waals surface area contributed by atoms with E-state index < -0.39 is 0 Å². The molecule has 1 rings (SSSR count). The summed E-state index contributed by atoms with van der Waals surface area (Å²) in [7, 11) is 1.80. The summed E-state index contributed by atoms with van der Waals surface area (Å²) in [6.45, 7) is 10.8. The summed E-state index contributed by atoms with van der Waals surface area (Å²) in [5.74, 6) is 0. The predicted octanol–water partition coefficient (Wildman–Crippen LogP) is 2.53. The highest BCUT2D eigenvalue weighted by atomic mass is 16.5. The van der Waals surface area contributed by atoms with Crippen LogP contribution in [-0.4, -0.2) is 37.2 Å². The molecule has 0 aromatic rings. The Morgan fingerprint density at radius 2 is 2.08 bits per heavy atom. The first-order valence-electron chi connectivity index (χ1n) is 5.56. The highest BCUT2D eigenvalue weighted by Gasteiger charge is 2.27. The number of hydrogen-bond acceptors (Lipinski definition) is 2. The molecule has 0 N–H and O–H groups in total. The van der Waals surface area contributed by atoms with Gasteiger partial charge in [0, 0.05) is 13.2 Å². The second-order valence-electron chi connectivity index (χ2n) is 3.28. The Hall–Kier alpha value is -0.0800. The van der Waals surface area contributed by atoms with Gasteiger partial charge in [-0.1, -0.05) is 20.8 Å². The van der Waals surface area contributed by atoms with Crippen molar-refractivity contribution in [3.8, 4) is 0 Å². The molecule has 2 heteroatoms. The Morgan fingerprint density at radius 3 is 2.54 bits per heavy atom. The lowest BCUT2D eigenvalue weighted by Crippen LogP contribution is -2.38. The van der Waals surface area contributed by atoms with Crippen LogP contribution in [0.1, 0.15) is 40.5 Å². The van der Waals surface area contributed by atoms with E-state index in [0.29, 0.717) is 12.1 Å². The topological polar surface area (TPSA) is 12.5 Å². The molecule has 0 radical (unpaired) electrons. The fraction of sp³-hybridized carbons (Fsp3) is 1.00. The zero-order valence-electron chi connectivity index (χ0n) is 9.84. The molecule has 1 unspecified atom stereocenters. The highest BCUT2D eigenvalue weighted by molar-refractivity contribution is 4.82. The summed E-state index contributed by atoms with van der Waals surface area (Å²) in [5.41, 5.74) is 0. The second-order valence-corrected chi connectivity index (χ2v) is 3.28. The van der Waals surface area contributed by atoms with E-state index in [1.165, 1.54) is 25.9 Å². The Balaban J connectivity index is 0.000000671. The normalized spacial score (nSPS) is 25.2. The van der Waals surface area contributed by atoms with E-state index in [4.69, 9.17) is 4.74 Å². The van der Waals surface area contributed by atoms with E-state index in [0.717, 1.165) is 0 Å². The Bertz CT molecular complexity index is 117. The highest BCUT2D eigenvalue weighted by Crippen LogP contribution is 2.20. The number of hydrogen-bond donors (Lipinski definition) is 0. The minimum Gasteiger partial charge on any atom is -0.380 e. The van der Waals surface area contributed by atoms with Gasteiger partial charge < -0.3 is 4.74 Å². The van der Waals surface area contributed by atoms with Crippen molar-refractivity contribution < 1.29 is 4.74 Å². The molecule has 13 heavy (non-hydrogen) atoms. The number of ether oxygens (including phenoxy) is 1. The molecule has 0 spiro atoms. The molecule has 0 aromatic heterocycles. The lowest BCUT2D eigenvalue weighted by molar-refractivity contribution is 0.0459. The van der Waals surface area contributed by atoms with Gasteiger partial charge in [0.05, 0.1) is 6.10 Å². The number of likely N-dealkylation sites (N-methyl/N-ethyl adjacent to an activating group) is 1. The molecule has 1 fully saturated rings. The van der Waals surface area contributed by atoms with Crippen LogP contribution < -0.4 is 0 Å². The Labute approximate surface area is 83.3 Å². The second kappa shape index (κ2) is 7.34. The molecule has 0 bridgehead atoms. The minimum atomic E-state index is 0.400. The fourth-order valence-corrected chi connectivity index (χ4v) is 1.93. The number of methoxy groups -OCH3 is 1. The third-order valence-electron chi connectivity index (χ3n) is 2.73. The largest absolute Gasteiger partial charge is 0.380 e. The summed E-state index contributed by atoms with van der Waals surface area (Å²) in [6, 6.07) is 0.671. The maximum absolute atomic E-state index is 5.32. The van der Waals surface area contributed by atoms with Crippen LogP contribution in [0.3, 0.4) is 0 Å². The molecule has 80 valence electrons. The summed E-state index contributed by atoms with van der Waals surface area (Å²) < 4.78 is 5.32. The summed E-state index contributed by atoms with van der Waals surface area (Å²) in [5, 5.41) is 0. The number of nitrogens with zero attached hydrogens (tertiary/aromatic N) is 1. The van der Waals surface area contributed by atoms with Gasteiger partial charge in [0.1, 0.15) is 0 Å². The van der Waals surface area contributed by atoms with Crippen molar-refractivity contribution in [1.29, 1.82) is 0 Å². The van der Waals surface area contributed by atoms with Gasteiger partial charge in [0.15, 0.2) is 0 Å². The van der Waals surface area contributed by atoms with Crippen LogP contribution in [0.5, 0.6) is 0 Å². The van der Waals surface area contributed by atoms with Crippen LogP contribution in [0.15, 0.2) is 0 Å². The van der Waals surface area contributed by atoms with Gasteiger partial charge in [-0.3, -0.25) is 4.90 Å². The van der Waals surface area contributed by atoms with Gasteiger partial charge in [0.2, 0.25) is 0 Å². The summed E-state index contributed by atoms with van der Waals surface area (Å²) in [4.78, 5) is 2.51. The van der Waals surface area contributed by atoms with Crippen LogP contribution in [0, 0.1) is 0 Å². The minimum absolute atomic E-state index is 0.400. The van der Waals surface area contributed by atoms with Gasteiger partial charge in [-0.05, 0) is 32.9 Å². The van der Waals surface area contributed by atoms with Crippen molar-refractivity contribution in [2.45, 2.75) is 52.7 Å². The first-order valence-corrected chi connectivity index (χ1v) is 5.56. The Morgan fingerprint density at radius 1 is 1.46 bits per heavy atom. The molecule has 1 aliphatic heterocycles. The van der Waals surface area contributed by atoms with Crippen molar-refractivity contribution in [1.82, 2.24) is 4.90 Å². The first-order chi connectivity index (χ1) is 6.29. The molecule has 2 atom stereocenters. The lowest BCUT2D eigenvalue weighted by Gasteiger charge is -2.27. The first kappa shape index (κ1) is 12.9. The molecule has 1 heterocycles. The molecule has 0 aliphatic carbocycles. The fourth-order valence-electron chi connectivity index (χ4n) is 1.93. The van der Waals surface area contributed by atoms with E-state index >= 15 is 0 Å². The zero-order valence-corrected chi connectivity index (χ0v) is 9.84.